The number of fused-ring (bicyclic) bond motifs is 3. The van der Waals surface area contributed by atoms with E-state index in [2.05, 4.69) is 25.8 Å². The number of imidazole rings is 1. The quantitative estimate of drug-likeness (QED) is 0.362. The van der Waals surface area contributed by atoms with Crippen molar-refractivity contribution in [2.45, 2.75) is 18.5 Å². The van der Waals surface area contributed by atoms with Gasteiger partial charge in [-0.05, 0) is 48.4 Å². The van der Waals surface area contributed by atoms with Crippen LogP contribution in [0, 0.1) is 5.82 Å². The van der Waals surface area contributed by atoms with Crippen molar-refractivity contribution in [2.75, 3.05) is 5.32 Å². The van der Waals surface area contributed by atoms with Gasteiger partial charge >= 0.3 is 0 Å². The molecule has 1 N–H and O–H groups in total. The fourth-order valence-electron chi connectivity index (χ4n) is 4.00. The Balaban J connectivity index is 1.71. The number of nitrogens with one attached hydrogen (secondary N) is 1. The average molecular weight is 457 g/mol. The highest BCUT2D eigenvalue weighted by Gasteiger charge is 2.33. The zero-order valence-electron chi connectivity index (χ0n) is 14.7. The Kier molecular flexibility index (Phi) is 4.37. The van der Waals surface area contributed by atoms with Gasteiger partial charge in [-0.2, -0.15) is 0 Å². The van der Waals surface area contributed by atoms with E-state index in [1.165, 1.54) is 6.07 Å². The summed E-state index contributed by atoms with van der Waals surface area (Å²) in [4.78, 5) is 4.77. The summed E-state index contributed by atoms with van der Waals surface area (Å²) < 4.78 is 17.8. The van der Waals surface area contributed by atoms with Crippen molar-refractivity contribution in [3.8, 4) is 0 Å². The van der Waals surface area contributed by atoms with E-state index in [4.69, 9.17) is 16.6 Å². The zero-order chi connectivity index (χ0) is 19.3. The summed E-state index contributed by atoms with van der Waals surface area (Å²) in [6.45, 7) is 0. The lowest BCUT2D eigenvalue weighted by Gasteiger charge is -2.34. The molecular formula is C22H16BrClFN3. The van der Waals surface area contributed by atoms with Crippen LogP contribution in [-0.4, -0.2) is 9.55 Å². The number of halogens is 3. The fraction of sp³-hybridized carbons (Fsp3) is 0.136. The molecule has 0 radical (unpaired) electrons. The third kappa shape index (κ3) is 2.90. The van der Waals surface area contributed by atoms with E-state index >= 15 is 0 Å². The topological polar surface area (TPSA) is 29.9 Å². The predicted molar refractivity (Wildman–Crippen MR) is 114 cm³/mol. The third-order valence-corrected chi connectivity index (χ3v) is 6.22. The molecule has 2 heterocycles. The van der Waals surface area contributed by atoms with Crippen LogP contribution in [0.5, 0.6) is 0 Å². The summed E-state index contributed by atoms with van der Waals surface area (Å²) in [6.07, 6.45) is 0.689. The Morgan fingerprint density at radius 2 is 1.82 bits per heavy atom. The SMILES string of the molecule is Fc1cccc(Br)c1[C@H]1C[C@@H](c2ccc(Cl)cc2)Nc2nc3ccccc3n21. The first-order chi connectivity index (χ1) is 13.6. The number of hydrogen-bond donors (Lipinski definition) is 1. The Bertz CT molecular complexity index is 1150. The van der Waals surface area contributed by atoms with Crippen LogP contribution in [0.3, 0.4) is 0 Å². The predicted octanol–water partition coefficient (Wildman–Crippen LogP) is 6.74. The van der Waals surface area contributed by atoms with E-state index in [0.717, 1.165) is 27.0 Å². The lowest BCUT2D eigenvalue weighted by Crippen LogP contribution is -2.28. The van der Waals surface area contributed by atoms with Gasteiger partial charge in [0.2, 0.25) is 5.95 Å². The molecule has 140 valence electrons. The van der Waals surface area contributed by atoms with Crippen LogP contribution < -0.4 is 5.32 Å². The van der Waals surface area contributed by atoms with Crippen LogP contribution in [0.4, 0.5) is 10.3 Å². The van der Waals surface area contributed by atoms with Crippen molar-refractivity contribution in [2.24, 2.45) is 0 Å². The van der Waals surface area contributed by atoms with Gasteiger partial charge in [-0.1, -0.05) is 57.9 Å². The minimum atomic E-state index is -0.222. The molecule has 1 aliphatic rings. The molecule has 0 saturated carbocycles. The van der Waals surface area contributed by atoms with Gasteiger partial charge in [-0.3, -0.25) is 0 Å². The number of benzene rings is 3. The summed E-state index contributed by atoms with van der Waals surface area (Å²) in [7, 11) is 0. The van der Waals surface area contributed by atoms with Gasteiger partial charge in [0, 0.05) is 15.1 Å². The molecule has 5 rings (SSSR count). The molecule has 0 fully saturated rings. The highest BCUT2D eigenvalue weighted by Crippen LogP contribution is 2.43. The molecule has 2 atom stereocenters. The van der Waals surface area contributed by atoms with E-state index in [1.807, 2.05) is 54.6 Å². The largest absolute Gasteiger partial charge is 0.349 e. The van der Waals surface area contributed by atoms with Gasteiger partial charge < -0.3 is 9.88 Å². The van der Waals surface area contributed by atoms with Gasteiger partial charge in [0.1, 0.15) is 5.82 Å². The molecule has 0 bridgehead atoms. The number of hydrogen-bond acceptors (Lipinski definition) is 2. The summed E-state index contributed by atoms with van der Waals surface area (Å²) >= 11 is 9.62. The highest BCUT2D eigenvalue weighted by molar-refractivity contribution is 9.10. The summed E-state index contributed by atoms with van der Waals surface area (Å²) in [6, 6.07) is 20.6. The van der Waals surface area contributed by atoms with E-state index in [1.54, 1.807) is 6.07 Å². The summed E-state index contributed by atoms with van der Waals surface area (Å²) in [5.74, 6) is 0.521. The van der Waals surface area contributed by atoms with E-state index in [-0.39, 0.29) is 17.9 Å². The maximum atomic E-state index is 14.9. The van der Waals surface area contributed by atoms with Crippen molar-refractivity contribution >= 4 is 44.5 Å². The van der Waals surface area contributed by atoms with Crippen molar-refractivity contribution in [3.63, 3.8) is 0 Å². The maximum absolute atomic E-state index is 14.9. The number of aromatic nitrogens is 2. The minimum Gasteiger partial charge on any atom is -0.349 e. The van der Waals surface area contributed by atoms with E-state index < -0.39 is 0 Å². The molecule has 1 aromatic heterocycles. The minimum absolute atomic E-state index is 0.00177. The molecule has 0 spiro atoms. The second-order valence-electron chi connectivity index (χ2n) is 6.93. The van der Waals surface area contributed by atoms with Crippen LogP contribution in [-0.2, 0) is 0 Å². The maximum Gasteiger partial charge on any atom is 0.204 e. The van der Waals surface area contributed by atoms with Crippen molar-refractivity contribution in [3.05, 3.63) is 93.2 Å². The highest BCUT2D eigenvalue weighted by atomic mass is 79.9. The molecule has 0 amide bonds. The van der Waals surface area contributed by atoms with Gasteiger partial charge in [-0.15, -0.1) is 0 Å². The molecule has 6 heteroatoms. The first kappa shape index (κ1) is 17.7. The molecule has 3 aromatic carbocycles. The number of anilines is 1. The van der Waals surface area contributed by atoms with Crippen LogP contribution in [0.25, 0.3) is 11.0 Å². The zero-order valence-corrected chi connectivity index (χ0v) is 17.1. The molecule has 3 nitrogen and oxygen atoms in total. The van der Waals surface area contributed by atoms with E-state index in [0.29, 0.717) is 17.0 Å². The van der Waals surface area contributed by atoms with Gasteiger partial charge in [-0.25, -0.2) is 9.37 Å². The Hall–Kier alpha value is -2.37. The number of rotatable bonds is 2. The van der Waals surface area contributed by atoms with Gasteiger partial charge in [0.05, 0.1) is 23.1 Å². The first-order valence-electron chi connectivity index (χ1n) is 9.04. The van der Waals surface area contributed by atoms with Crippen LogP contribution in [0.1, 0.15) is 29.6 Å². The van der Waals surface area contributed by atoms with Gasteiger partial charge in [0.15, 0.2) is 0 Å². The summed E-state index contributed by atoms with van der Waals surface area (Å²) in [5.41, 5.74) is 3.62. The van der Waals surface area contributed by atoms with Crippen molar-refractivity contribution in [1.29, 1.82) is 0 Å². The lowest BCUT2D eigenvalue weighted by atomic mass is 9.92. The molecular weight excluding hydrogens is 441 g/mol. The summed E-state index contributed by atoms with van der Waals surface area (Å²) in [5, 5.41) is 4.23. The molecule has 0 aliphatic carbocycles. The third-order valence-electron chi connectivity index (χ3n) is 5.28. The van der Waals surface area contributed by atoms with Crippen LogP contribution in [0.2, 0.25) is 5.02 Å². The number of nitrogens with zero attached hydrogens (tertiary/aromatic N) is 2. The normalized spacial score (nSPS) is 18.7. The van der Waals surface area contributed by atoms with Gasteiger partial charge in [0.25, 0.3) is 0 Å². The lowest BCUT2D eigenvalue weighted by molar-refractivity contribution is 0.455. The molecule has 0 saturated heterocycles. The molecule has 4 aromatic rings. The Morgan fingerprint density at radius 3 is 2.61 bits per heavy atom. The first-order valence-corrected chi connectivity index (χ1v) is 10.2. The second-order valence-corrected chi connectivity index (χ2v) is 8.22. The van der Waals surface area contributed by atoms with Crippen LogP contribution in [0.15, 0.2) is 71.2 Å². The number of para-hydroxylation sites is 2. The monoisotopic (exact) mass is 455 g/mol. The standard InChI is InChI=1S/C22H16BrClFN3/c23-15-4-3-5-16(25)21(15)20-12-18(13-8-10-14(24)11-9-13)27-22-26-17-6-1-2-7-19(17)28(20)22/h1-11,18,20H,12H2,(H,26,27)/t18-,20+/m0/s1. The van der Waals surface area contributed by atoms with E-state index in [9.17, 15) is 4.39 Å². The van der Waals surface area contributed by atoms with Crippen molar-refractivity contribution < 1.29 is 4.39 Å². The molecule has 0 unspecified atom stereocenters. The van der Waals surface area contributed by atoms with Crippen LogP contribution >= 0.6 is 27.5 Å². The smallest absolute Gasteiger partial charge is 0.204 e. The molecule has 28 heavy (non-hydrogen) atoms. The average Bonchev–Trinajstić information content (AvgIpc) is 3.07. The Morgan fingerprint density at radius 1 is 1.04 bits per heavy atom. The second kappa shape index (κ2) is 6.90. The molecule has 1 aliphatic heterocycles. The fourth-order valence-corrected chi connectivity index (χ4v) is 4.73. The van der Waals surface area contributed by atoms with Crippen molar-refractivity contribution in [1.82, 2.24) is 9.55 Å². The Labute approximate surface area is 175 Å².